The summed E-state index contributed by atoms with van der Waals surface area (Å²) >= 11 is 0. The van der Waals surface area contributed by atoms with Gasteiger partial charge in [-0.15, -0.1) is 8.97 Å². The summed E-state index contributed by atoms with van der Waals surface area (Å²) in [6, 6.07) is -0.338. The molecule has 0 N–H and O–H groups in total. The highest BCUT2D eigenvalue weighted by atomic mass is 16.2. The molecule has 1 rings (SSSR count). The monoisotopic (exact) mass is 228 g/mol. The van der Waals surface area contributed by atoms with Gasteiger partial charge in [-0.1, -0.05) is 13.8 Å². The molecule has 0 aromatic heterocycles. The number of imide groups is 2. The number of amides is 4. The highest BCUT2D eigenvalue weighted by Crippen LogP contribution is 2.26. The molecule has 0 aliphatic carbocycles. The quantitative estimate of drug-likeness (QED) is 0.407. The third-order valence-electron chi connectivity index (χ3n) is 3.41. The Bertz CT molecular complexity index is 362. The van der Waals surface area contributed by atoms with Crippen molar-refractivity contribution in [1.82, 2.24) is 0 Å². The molecule has 2 unspecified atom stereocenters. The molecular weight excluding hydrogens is 208 g/mol. The van der Waals surface area contributed by atoms with Crippen LogP contribution in [0.15, 0.2) is 0 Å². The van der Waals surface area contributed by atoms with Gasteiger partial charge in [0.05, 0.1) is 21.1 Å². The van der Waals surface area contributed by atoms with Gasteiger partial charge in [0.25, 0.3) is 0 Å². The first-order chi connectivity index (χ1) is 7.17. The molecule has 0 bridgehead atoms. The average Bonchev–Trinajstić information content (AvgIpc) is 2.33. The molecule has 2 atom stereocenters. The highest BCUT2D eigenvalue weighted by molar-refractivity contribution is 6.34. The van der Waals surface area contributed by atoms with Crippen molar-refractivity contribution in [2.24, 2.45) is 5.92 Å². The zero-order chi connectivity index (χ0) is 12.7. The number of hydrogen-bond donors (Lipinski definition) is 0. The van der Waals surface area contributed by atoms with Crippen LogP contribution in [-0.2, 0) is 9.59 Å². The summed E-state index contributed by atoms with van der Waals surface area (Å²) in [7, 11) is 4.49. The molecule has 1 heterocycles. The molecule has 1 fully saturated rings. The van der Waals surface area contributed by atoms with Gasteiger partial charge in [-0.2, -0.15) is 4.79 Å². The first-order valence-corrected chi connectivity index (χ1v) is 5.52. The molecule has 5 nitrogen and oxygen atoms in total. The van der Waals surface area contributed by atoms with Crippen molar-refractivity contribution in [1.29, 1.82) is 0 Å². The van der Waals surface area contributed by atoms with Crippen molar-refractivity contribution >= 4 is 17.8 Å². The van der Waals surface area contributed by atoms with Gasteiger partial charge in [0.1, 0.15) is 6.54 Å². The van der Waals surface area contributed by atoms with Crippen LogP contribution in [0.2, 0.25) is 0 Å². The minimum Gasteiger partial charge on any atom is -0.214 e. The van der Waals surface area contributed by atoms with Gasteiger partial charge in [-0.25, -0.2) is 9.59 Å². The predicted octanol–water partition coefficient (Wildman–Crippen LogP) is 0.742. The smallest absolute Gasteiger partial charge is 0.214 e. The second-order valence-corrected chi connectivity index (χ2v) is 5.23. The molecule has 0 saturated carbocycles. The molecule has 0 aromatic carbocycles. The molecule has 90 valence electrons. The van der Waals surface area contributed by atoms with E-state index in [-0.39, 0.29) is 16.4 Å². The molecule has 1 aliphatic heterocycles. The number of likely N-dealkylation sites (N-methyl/N-ethyl adjacent to an activating group) is 2. The second-order valence-electron chi connectivity index (χ2n) is 5.23. The SMILES string of the molecule is CCC(C)C[N+]1(C)C(=O)C(=O)[N+](C)(C)C1=O. The van der Waals surface area contributed by atoms with Crippen LogP contribution in [0.3, 0.4) is 0 Å². The average molecular weight is 228 g/mol. The van der Waals surface area contributed by atoms with Gasteiger partial charge in [0, 0.05) is 5.92 Å². The van der Waals surface area contributed by atoms with Crippen LogP contribution in [0.5, 0.6) is 0 Å². The fourth-order valence-electron chi connectivity index (χ4n) is 2.09. The lowest BCUT2D eigenvalue weighted by Gasteiger charge is -2.23. The van der Waals surface area contributed by atoms with E-state index in [0.717, 1.165) is 6.42 Å². The van der Waals surface area contributed by atoms with E-state index >= 15 is 0 Å². The van der Waals surface area contributed by atoms with Crippen molar-refractivity contribution in [3.63, 3.8) is 0 Å². The Morgan fingerprint density at radius 2 is 1.56 bits per heavy atom. The van der Waals surface area contributed by atoms with Gasteiger partial charge in [-0.3, -0.25) is 0 Å². The van der Waals surface area contributed by atoms with Gasteiger partial charge in [-0.05, 0) is 6.42 Å². The van der Waals surface area contributed by atoms with Crippen molar-refractivity contribution < 1.29 is 23.3 Å². The van der Waals surface area contributed by atoms with Crippen molar-refractivity contribution in [3.8, 4) is 0 Å². The zero-order valence-corrected chi connectivity index (χ0v) is 10.6. The van der Waals surface area contributed by atoms with Crippen LogP contribution >= 0.6 is 0 Å². The van der Waals surface area contributed by atoms with Crippen LogP contribution in [0.25, 0.3) is 0 Å². The number of urea groups is 1. The van der Waals surface area contributed by atoms with Gasteiger partial charge < -0.3 is 0 Å². The minimum atomic E-state index is -0.615. The maximum Gasteiger partial charge on any atom is 0.529 e. The number of hydrogen-bond acceptors (Lipinski definition) is 3. The Labute approximate surface area is 95.8 Å². The summed E-state index contributed by atoms with van der Waals surface area (Å²) in [6.07, 6.45) is 0.885. The Balaban J connectivity index is 3.11. The lowest BCUT2D eigenvalue weighted by atomic mass is 10.1. The van der Waals surface area contributed by atoms with Crippen LogP contribution in [-0.4, -0.2) is 54.5 Å². The Hall–Kier alpha value is -1.07. The normalized spacial score (nSPS) is 30.9. The van der Waals surface area contributed by atoms with E-state index in [4.69, 9.17) is 0 Å². The van der Waals surface area contributed by atoms with E-state index in [9.17, 15) is 14.4 Å². The third kappa shape index (κ3) is 1.60. The molecule has 5 heteroatoms. The van der Waals surface area contributed by atoms with E-state index in [2.05, 4.69) is 0 Å². The molecule has 16 heavy (non-hydrogen) atoms. The van der Waals surface area contributed by atoms with Crippen LogP contribution < -0.4 is 0 Å². The van der Waals surface area contributed by atoms with Crippen LogP contribution in [0.4, 0.5) is 4.79 Å². The summed E-state index contributed by atoms with van der Waals surface area (Å²) in [5.41, 5.74) is 0. The maximum absolute atomic E-state index is 12.1. The Kier molecular flexibility index (Phi) is 3.04. The number of carbonyl (C=O) groups excluding carboxylic acids is 3. The summed E-state index contributed by atoms with van der Waals surface area (Å²) in [4.78, 5) is 35.7. The molecule has 1 aliphatic rings. The topological polar surface area (TPSA) is 51.2 Å². The van der Waals surface area contributed by atoms with E-state index in [0.29, 0.717) is 6.54 Å². The van der Waals surface area contributed by atoms with Gasteiger partial charge >= 0.3 is 17.8 Å². The van der Waals surface area contributed by atoms with Crippen molar-refractivity contribution in [3.05, 3.63) is 0 Å². The summed E-state index contributed by atoms with van der Waals surface area (Å²) in [5.74, 6) is -0.963. The van der Waals surface area contributed by atoms with Crippen LogP contribution in [0.1, 0.15) is 20.3 Å². The minimum absolute atomic E-state index is 0.240. The summed E-state index contributed by atoms with van der Waals surface area (Å²) in [6.45, 7) is 4.39. The van der Waals surface area contributed by atoms with Crippen molar-refractivity contribution in [2.45, 2.75) is 20.3 Å². The number of quaternary nitrogens is 2. The third-order valence-corrected chi connectivity index (χ3v) is 3.41. The standard InChI is InChI=1S/C11H20N2O3/c1-6-8(2)7-13(5)10(15)9(14)12(3,4)11(13)16/h8H,6-7H2,1-5H3/q+2. The molecular formula is C11H20N2O3+2. The van der Waals surface area contributed by atoms with E-state index < -0.39 is 16.3 Å². The number of carbonyl (C=O) groups is 3. The Morgan fingerprint density at radius 3 is 1.88 bits per heavy atom. The van der Waals surface area contributed by atoms with E-state index in [1.54, 1.807) is 7.05 Å². The van der Waals surface area contributed by atoms with Gasteiger partial charge in [0.15, 0.2) is 0 Å². The van der Waals surface area contributed by atoms with E-state index in [1.165, 1.54) is 14.1 Å². The van der Waals surface area contributed by atoms with Crippen molar-refractivity contribution in [2.75, 3.05) is 27.7 Å². The molecule has 0 spiro atoms. The summed E-state index contributed by atoms with van der Waals surface area (Å²) in [5, 5.41) is 0. The zero-order valence-electron chi connectivity index (χ0n) is 10.6. The number of rotatable bonds is 3. The largest absolute Gasteiger partial charge is 0.529 e. The fourth-order valence-corrected chi connectivity index (χ4v) is 2.09. The maximum atomic E-state index is 12.1. The lowest BCUT2D eigenvalue weighted by molar-refractivity contribution is -0.840. The molecule has 1 saturated heterocycles. The van der Waals surface area contributed by atoms with Gasteiger partial charge in [0.2, 0.25) is 0 Å². The number of nitrogens with zero attached hydrogens (tertiary/aromatic N) is 2. The first kappa shape index (κ1) is 13.0. The Morgan fingerprint density at radius 1 is 1.06 bits per heavy atom. The molecule has 0 aromatic rings. The molecule has 0 radical (unpaired) electrons. The summed E-state index contributed by atoms with van der Waals surface area (Å²) < 4.78 is -0.855. The second kappa shape index (κ2) is 3.75. The van der Waals surface area contributed by atoms with Crippen LogP contribution in [0, 0.1) is 5.92 Å². The van der Waals surface area contributed by atoms with E-state index in [1.807, 2.05) is 13.8 Å². The first-order valence-electron chi connectivity index (χ1n) is 5.52. The predicted molar refractivity (Wildman–Crippen MR) is 58.0 cm³/mol. The highest BCUT2D eigenvalue weighted by Gasteiger charge is 2.68. The molecule has 4 amide bonds. The lowest BCUT2D eigenvalue weighted by Crippen LogP contribution is -2.55. The fraction of sp³-hybridized carbons (Fsp3) is 0.727.